The fraction of sp³-hybridized carbons (Fsp3) is 1.00. The molecule has 0 bridgehead atoms. The zero-order valence-corrected chi connectivity index (χ0v) is 8.96. The average Bonchev–Trinajstić information content (AvgIpc) is 2.14. The van der Waals surface area contributed by atoms with Crippen LogP contribution < -0.4 is 5.32 Å². The van der Waals surface area contributed by atoms with Gasteiger partial charge in [0.25, 0.3) is 0 Å². The van der Waals surface area contributed by atoms with Crippen molar-refractivity contribution in [2.45, 2.75) is 44.3 Å². The maximum absolute atomic E-state index is 3.37. The molecule has 72 valence electrons. The fourth-order valence-electron chi connectivity index (χ4n) is 1.71. The molecule has 0 unspecified atom stereocenters. The smallest absolute Gasteiger partial charge is 0.00608 e. The minimum absolute atomic E-state index is 0.984. The largest absolute Gasteiger partial charge is 0.316 e. The molecule has 0 spiro atoms. The first-order chi connectivity index (χ1) is 5.93. The van der Waals surface area contributed by atoms with E-state index in [0.717, 1.165) is 11.8 Å². The van der Waals surface area contributed by atoms with E-state index in [0.29, 0.717) is 0 Å². The molecule has 0 radical (unpaired) electrons. The van der Waals surface area contributed by atoms with E-state index in [9.17, 15) is 0 Å². The highest BCUT2D eigenvalue weighted by Crippen LogP contribution is 2.27. The van der Waals surface area contributed by atoms with Crippen LogP contribution in [0.3, 0.4) is 0 Å². The first-order valence-electron chi connectivity index (χ1n) is 5.26. The van der Waals surface area contributed by atoms with Crippen LogP contribution >= 0.6 is 11.8 Å². The van der Waals surface area contributed by atoms with Gasteiger partial charge in [-0.05, 0) is 19.4 Å². The van der Waals surface area contributed by atoms with Crippen molar-refractivity contribution >= 4 is 11.8 Å². The molecular formula is C10H21NS. The highest BCUT2D eigenvalue weighted by Gasteiger charge is 2.12. The van der Waals surface area contributed by atoms with E-state index >= 15 is 0 Å². The second-order valence-electron chi connectivity index (χ2n) is 3.48. The summed E-state index contributed by atoms with van der Waals surface area (Å²) in [6, 6.07) is 0. The minimum Gasteiger partial charge on any atom is -0.316 e. The molecule has 0 amide bonds. The van der Waals surface area contributed by atoms with Crippen LogP contribution in [0.1, 0.15) is 39.0 Å². The Labute approximate surface area is 80.7 Å². The van der Waals surface area contributed by atoms with Crippen molar-refractivity contribution in [3.8, 4) is 0 Å². The lowest BCUT2D eigenvalue weighted by atomic mass is 10.0. The summed E-state index contributed by atoms with van der Waals surface area (Å²) in [6.07, 6.45) is 7.36. The van der Waals surface area contributed by atoms with Crippen molar-refractivity contribution < 1.29 is 0 Å². The second-order valence-corrected chi connectivity index (χ2v) is 4.89. The van der Waals surface area contributed by atoms with E-state index in [2.05, 4.69) is 24.0 Å². The first kappa shape index (κ1) is 10.4. The van der Waals surface area contributed by atoms with Crippen molar-refractivity contribution in [3.63, 3.8) is 0 Å². The van der Waals surface area contributed by atoms with Crippen molar-refractivity contribution in [2.24, 2.45) is 0 Å². The van der Waals surface area contributed by atoms with Gasteiger partial charge in [0.15, 0.2) is 0 Å². The summed E-state index contributed by atoms with van der Waals surface area (Å²) in [5.41, 5.74) is 0. The molecule has 1 nitrogen and oxygen atoms in total. The summed E-state index contributed by atoms with van der Waals surface area (Å²) in [5, 5.41) is 4.35. The number of hydrogen-bond acceptors (Lipinski definition) is 2. The van der Waals surface area contributed by atoms with Crippen LogP contribution in [0.4, 0.5) is 0 Å². The molecule has 1 aliphatic carbocycles. The van der Waals surface area contributed by atoms with Gasteiger partial charge in [0.05, 0.1) is 0 Å². The Morgan fingerprint density at radius 1 is 1.25 bits per heavy atom. The Morgan fingerprint density at radius 2 is 2.00 bits per heavy atom. The number of thioether (sulfide) groups is 1. The normalized spacial score (nSPS) is 19.8. The van der Waals surface area contributed by atoms with Gasteiger partial charge in [-0.15, -0.1) is 0 Å². The Morgan fingerprint density at radius 3 is 2.67 bits per heavy atom. The van der Waals surface area contributed by atoms with Gasteiger partial charge >= 0.3 is 0 Å². The van der Waals surface area contributed by atoms with Crippen LogP contribution in [0.15, 0.2) is 0 Å². The van der Waals surface area contributed by atoms with Gasteiger partial charge in [-0.2, -0.15) is 11.8 Å². The summed E-state index contributed by atoms with van der Waals surface area (Å²) in [7, 11) is 0. The zero-order chi connectivity index (χ0) is 8.65. The van der Waals surface area contributed by atoms with Crippen LogP contribution in [0.25, 0.3) is 0 Å². The third kappa shape index (κ3) is 4.36. The molecule has 0 aromatic rings. The summed E-state index contributed by atoms with van der Waals surface area (Å²) >= 11 is 2.17. The molecule has 0 aliphatic heterocycles. The van der Waals surface area contributed by atoms with Crippen LogP contribution in [0.5, 0.6) is 0 Å². The molecule has 1 rings (SSSR count). The highest BCUT2D eigenvalue weighted by atomic mass is 32.2. The van der Waals surface area contributed by atoms with Crippen molar-refractivity contribution in [3.05, 3.63) is 0 Å². The van der Waals surface area contributed by atoms with E-state index in [1.165, 1.54) is 44.4 Å². The SMILES string of the molecule is CCNCCSC1CCCCC1. The van der Waals surface area contributed by atoms with Crippen LogP contribution in [0.2, 0.25) is 0 Å². The maximum Gasteiger partial charge on any atom is 0.00608 e. The van der Waals surface area contributed by atoms with Gasteiger partial charge in [-0.3, -0.25) is 0 Å². The predicted octanol–water partition coefficient (Wildman–Crippen LogP) is 2.66. The third-order valence-corrected chi connectivity index (χ3v) is 3.82. The molecule has 0 aromatic heterocycles. The predicted molar refractivity (Wildman–Crippen MR) is 57.9 cm³/mol. The van der Waals surface area contributed by atoms with Gasteiger partial charge in [-0.25, -0.2) is 0 Å². The van der Waals surface area contributed by atoms with E-state index < -0.39 is 0 Å². The summed E-state index contributed by atoms with van der Waals surface area (Å²) < 4.78 is 0. The summed E-state index contributed by atoms with van der Waals surface area (Å²) in [6.45, 7) is 4.48. The molecule has 0 atom stereocenters. The van der Waals surface area contributed by atoms with Crippen LogP contribution in [-0.2, 0) is 0 Å². The van der Waals surface area contributed by atoms with E-state index in [-0.39, 0.29) is 0 Å². The molecular weight excluding hydrogens is 166 g/mol. The fourth-order valence-corrected chi connectivity index (χ4v) is 2.97. The molecule has 2 heteroatoms. The summed E-state index contributed by atoms with van der Waals surface area (Å²) in [4.78, 5) is 0. The van der Waals surface area contributed by atoms with Gasteiger partial charge in [0.2, 0.25) is 0 Å². The van der Waals surface area contributed by atoms with E-state index in [1.54, 1.807) is 0 Å². The van der Waals surface area contributed by atoms with Crippen LogP contribution in [0, 0.1) is 0 Å². The first-order valence-corrected chi connectivity index (χ1v) is 6.30. The zero-order valence-electron chi connectivity index (χ0n) is 8.14. The van der Waals surface area contributed by atoms with Crippen molar-refractivity contribution in [2.75, 3.05) is 18.8 Å². The molecule has 1 N–H and O–H groups in total. The molecule has 1 aliphatic rings. The third-order valence-electron chi connectivity index (χ3n) is 2.43. The van der Waals surface area contributed by atoms with Crippen LogP contribution in [-0.4, -0.2) is 24.1 Å². The molecule has 12 heavy (non-hydrogen) atoms. The topological polar surface area (TPSA) is 12.0 Å². The van der Waals surface area contributed by atoms with Crippen molar-refractivity contribution in [1.82, 2.24) is 5.32 Å². The molecule has 0 saturated heterocycles. The number of rotatable bonds is 5. The average molecular weight is 187 g/mol. The van der Waals surface area contributed by atoms with Gasteiger partial charge in [0, 0.05) is 17.5 Å². The maximum atomic E-state index is 3.37. The van der Waals surface area contributed by atoms with Gasteiger partial charge < -0.3 is 5.32 Å². The molecule has 0 heterocycles. The minimum atomic E-state index is 0.984. The standard InChI is InChI=1S/C10H21NS/c1-2-11-8-9-12-10-6-4-3-5-7-10/h10-11H,2-9H2,1H3. The molecule has 1 fully saturated rings. The lowest BCUT2D eigenvalue weighted by molar-refractivity contribution is 0.516. The van der Waals surface area contributed by atoms with Crippen molar-refractivity contribution in [1.29, 1.82) is 0 Å². The lowest BCUT2D eigenvalue weighted by Crippen LogP contribution is -2.18. The Hall–Kier alpha value is 0.310. The van der Waals surface area contributed by atoms with Gasteiger partial charge in [-0.1, -0.05) is 26.2 Å². The molecule has 1 saturated carbocycles. The summed E-state index contributed by atoms with van der Waals surface area (Å²) in [5.74, 6) is 1.30. The lowest BCUT2D eigenvalue weighted by Gasteiger charge is -2.20. The quantitative estimate of drug-likeness (QED) is 0.664. The monoisotopic (exact) mass is 187 g/mol. The Kier molecular flexibility index (Phi) is 5.88. The van der Waals surface area contributed by atoms with E-state index in [1.807, 2.05) is 0 Å². The number of hydrogen-bond donors (Lipinski definition) is 1. The van der Waals surface area contributed by atoms with Gasteiger partial charge in [0.1, 0.15) is 0 Å². The van der Waals surface area contributed by atoms with E-state index in [4.69, 9.17) is 0 Å². The second kappa shape index (κ2) is 6.79. The Balaban J connectivity index is 1.91. The number of nitrogens with one attached hydrogen (secondary N) is 1. The highest BCUT2D eigenvalue weighted by molar-refractivity contribution is 7.99. The molecule has 0 aromatic carbocycles. The Bertz CT molecular complexity index is 100.